The second-order valence-electron chi connectivity index (χ2n) is 10.4. The third-order valence-electron chi connectivity index (χ3n) is 7.23. The lowest BCUT2D eigenvalue weighted by molar-refractivity contribution is 0.102. The minimum absolute atomic E-state index is 0.0357. The number of amides is 1. The number of anilines is 1. The largest absolute Gasteiger partial charge is 0.493 e. The molecule has 0 atom stereocenters. The number of hydrogen-bond acceptors (Lipinski definition) is 9. The van der Waals surface area contributed by atoms with E-state index in [0.29, 0.717) is 59.9 Å². The van der Waals surface area contributed by atoms with Crippen molar-refractivity contribution in [2.45, 2.75) is 19.8 Å². The molecule has 0 saturated heterocycles. The van der Waals surface area contributed by atoms with Crippen molar-refractivity contribution in [3.63, 3.8) is 0 Å². The average Bonchev–Trinajstić information content (AvgIpc) is 3.08. The van der Waals surface area contributed by atoms with Gasteiger partial charge >= 0.3 is 0 Å². The van der Waals surface area contributed by atoms with Crippen molar-refractivity contribution in [2.24, 2.45) is 0 Å². The zero-order valence-corrected chi connectivity index (χ0v) is 25.6. The maximum atomic E-state index is 15.5. The predicted molar refractivity (Wildman–Crippen MR) is 171 cm³/mol. The summed E-state index contributed by atoms with van der Waals surface area (Å²) in [6.45, 7) is 2.73. The molecule has 244 valence electrons. The number of benzene rings is 3. The average molecular weight is 655 g/mol. The van der Waals surface area contributed by atoms with Gasteiger partial charge in [0.2, 0.25) is 5.75 Å². The SMILES string of the molecule is CCOc1ccn(-c2ccc(F)cc2)c(=O)c1C(=O)Nc1ccc(Oc2ccnc3cc(OCCCC#N)c4c(c23)OCCO4)c(F)c1. The Labute approximate surface area is 272 Å². The van der Waals surface area contributed by atoms with E-state index in [1.54, 1.807) is 19.1 Å². The molecule has 0 spiro atoms. The van der Waals surface area contributed by atoms with E-state index in [0.717, 1.165) is 6.07 Å². The first-order valence-electron chi connectivity index (χ1n) is 15.0. The van der Waals surface area contributed by atoms with Gasteiger partial charge in [0.1, 0.15) is 36.1 Å². The molecule has 13 heteroatoms. The van der Waals surface area contributed by atoms with Crippen LogP contribution in [0.2, 0.25) is 0 Å². The van der Waals surface area contributed by atoms with Crippen LogP contribution in [0, 0.1) is 23.0 Å². The smallest absolute Gasteiger partial charge is 0.271 e. The van der Waals surface area contributed by atoms with Gasteiger partial charge in [0.05, 0.1) is 30.2 Å². The number of carbonyl (C=O) groups excluding carboxylic acids is 1. The summed E-state index contributed by atoms with van der Waals surface area (Å²) in [4.78, 5) is 31.2. The summed E-state index contributed by atoms with van der Waals surface area (Å²) in [7, 11) is 0. The lowest BCUT2D eigenvalue weighted by atomic mass is 10.1. The van der Waals surface area contributed by atoms with Gasteiger partial charge in [-0.1, -0.05) is 0 Å². The molecule has 1 aliphatic heterocycles. The topological polar surface area (TPSA) is 134 Å². The summed E-state index contributed by atoms with van der Waals surface area (Å²) in [5.74, 6) is -0.905. The van der Waals surface area contributed by atoms with Gasteiger partial charge in [0.15, 0.2) is 23.1 Å². The molecule has 48 heavy (non-hydrogen) atoms. The second kappa shape index (κ2) is 14.1. The number of fused-ring (bicyclic) bond motifs is 3. The Morgan fingerprint density at radius 3 is 2.52 bits per heavy atom. The number of unbranched alkanes of at least 4 members (excludes halogenated alkanes) is 1. The maximum Gasteiger partial charge on any atom is 0.271 e. The Bertz CT molecular complexity index is 2100. The Hall–Kier alpha value is -6.16. The highest BCUT2D eigenvalue weighted by atomic mass is 19.1. The van der Waals surface area contributed by atoms with Crippen LogP contribution >= 0.6 is 0 Å². The summed E-state index contributed by atoms with van der Waals surface area (Å²) in [6.07, 6.45) is 3.79. The fraction of sp³-hybridized carbons (Fsp3) is 0.200. The monoisotopic (exact) mass is 654 g/mol. The van der Waals surface area contributed by atoms with E-state index >= 15 is 4.39 Å². The van der Waals surface area contributed by atoms with Crippen molar-refractivity contribution >= 4 is 22.5 Å². The van der Waals surface area contributed by atoms with Crippen LogP contribution in [0.1, 0.15) is 30.1 Å². The van der Waals surface area contributed by atoms with Gasteiger partial charge in [-0.05, 0) is 61.9 Å². The number of nitriles is 1. The number of aromatic nitrogens is 2. The normalized spacial score (nSPS) is 11.9. The Balaban J connectivity index is 1.27. The first kappa shape index (κ1) is 31.8. The number of rotatable bonds is 11. The molecule has 0 radical (unpaired) electrons. The summed E-state index contributed by atoms with van der Waals surface area (Å²) in [6, 6.07) is 15.8. The predicted octanol–water partition coefficient (Wildman–Crippen LogP) is 6.56. The van der Waals surface area contributed by atoms with E-state index in [4.69, 9.17) is 28.9 Å². The molecule has 3 heterocycles. The third kappa shape index (κ3) is 6.54. The summed E-state index contributed by atoms with van der Waals surface area (Å²) in [5.41, 5.74) is -0.174. The minimum atomic E-state index is -0.831. The van der Waals surface area contributed by atoms with Gasteiger partial charge in [0.25, 0.3) is 11.5 Å². The van der Waals surface area contributed by atoms with Crippen molar-refractivity contribution in [3.8, 4) is 46.3 Å². The van der Waals surface area contributed by atoms with Crippen molar-refractivity contribution in [1.29, 1.82) is 5.26 Å². The Kier molecular flexibility index (Phi) is 9.33. The highest BCUT2D eigenvalue weighted by Crippen LogP contribution is 2.48. The van der Waals surface area contributed by atoms with Crippen molar-refractivity contribution in [2.75, 3.05) is 31.7 Å². The van der Waals surface area contributed by atoms with E-state index in [1.807, 2.05) is 0 Å². The number of hydrogen-bond donors (Lipinski definition) is 1. The van der Waals surface area contributed by atoms with Crippen LogP contribution in [0.15, 0.2) is 77.9 Å². The highest BCUT2D eigenvalue weighted by Gasteiger charge is 2.25. The number of ether oxygens (including phenoxy) is 5. The van der Waals surface area contributed by atoms with Crippen LogP contribution in [0.25, 0.3) is 16.6 Å². The Morgan fingerprint density at radius 2 is 1.77 bits per heavy atom. The molecular formula is C35H28F2N4O7. The Morgan fingerprint density at radius 1 is 0.979 bits per heavy atom. The van der Waals surface area contributed by atoms with Gasteiger partial charge < -0.3 is 29.0 Å². The number of nitrogens with one attached hydrogen (secondary N) is 1. The first-order valence-corrected chi connectivity index (χ1v) is 15.0. The number of halogens is 2. The lowest BCUT2D eigenvalue weighted by Crippen LogP contribution is -2.29. The van der Waals surface area contributed by atoms with Crippen LogP contribution < -0.4 is 34.6 Å². The summed E-state index contributed by atoms with van der Waals surface area (Å²) >= 11 is 0. The standard InChI is InChI=1S/C35H28F2N4O7/c1-2-44-27-12-15-41(23-8-5-21(36)6-9-23)35(43)31(27)34(42)40-22-7-10-26(24(37)19-22)48-28-11-14-39-25-20-29(45-16-4-3-13-38)32-33(30(25)28)47-18-17-46-32/h5-12,14-15,19-20H,2-4,16-18H2,1H3,(H,40,42). The lowest BCUT2D eigenvalue weighted by Gasteiger charge is -2.23. The van der Waals surface area contributed by atoms with Crippen LogP contribution in [0.5, 0.6) is 34.5 Å². The molecule has 11 nitrogen and oxygen atoms in total. The molecule has 0 aliphatic carbocycles. The van der Waals surface area contributed by atoms with Gasteiger partial charge in [-0.3, -0.25) is 19.1 Å². The van der Waals surface area contributed by atoms with Gasteiger partial charge in [-0.15, -0.1) is 0 Å². The van der Waals surface area contributed by atoms with Gasteiger partial charge in [-0.25, -0.2) is 8.78 Å². The van der Waals surface area contributed by atoms with Crippen LogP contribution in [0.3, 0.4) is 0 Å². The first-order chi connectivity index (χ1) is 23.4. The van der Waals surface area contributed by atoms with E-state index < -0.39 is 23.1 Å². The quantitative estimate of drug-likeness (QED) is 0.157. The molecular weight excluding hydrogens is 626 g/mol. The summed E-state index contributed by atoms with van der Waals surface area (Å²) in [5, 5.41) is 11.8. The number of pyridine rings is 2. The van der Waals surface area contributed by atoms with Gasteiger partial charge in [0, 0.05) is 42.3 Å². The third-order valence-corrected chi connectivity index (χ3v) is 7.23. The molecule has 1 amide bonds. The summed E-state index contributed by atoms with van der Waals surface area (Å²) < 4.78 is 59.3. The molecule has 5 aromatic rings. The molecule has 2 aromatic heterocycles. The van der Waals surface area contributed by atoms with Crippen molar-refractivity contribution in [1.82, 2.24) is 9.55 Å². The zero-order valence-electron chi connectivity index (χ0n) is 25.6. The van der Waals surface area contributed by atoms with E-state index in [1.165, 1.54) is 59.4 Å². The molecule has 3 aromatic carbocycles. The molecule has 1 aliphatic rings. The molecule has 0 bridgehead atoms. The molecule has 1 N–H and O–H groups in total. The van der Waals surface area contributed by atoms with Crippen molar-refractivity contribution in [3.05, 3.63) is 101 Å². The van der Waals surface area contributed by atoms with Crippen LogP contribution in [-0.4, -0.2) is 41.9 Å². The molecule has 0 saturated carbocycles. The fourth-order valence-electron chi connectivity index (χ4n) is 5.08. The molecule has 0 unspecified atom stereocenters. The minimum Gasteiger partial charge on any atom is -0.493 e. The fourth-order valence-corrected chi connectivity index (χ4v) is 5.08. The molecule has 0 fully saturated rings. The van der Waals surface area contributed by atoms with Crippen LogP contribution in [0.4, 0.5) is 14.5 Å². The number of nitrogens with zero attached hydrogens (tertiary/aromatic N) is 3. The van der Waals surface area contributed by atoms with E-state index in [2.05, 4.69) is 16.4 Å². The second-order valence-corrected chi connectivity index (χ2v) is 10.4. The zero-order chi connectivity index (χ0) is 33.6. The van der Waals surface area contributed by atoms with Crippen LogP contribution in [-0.2, 0) is 0 Å². The number of carbonyl (C=O) groups is 1. The maximum absolute atomic E-state index is 15.5. The van der Waals surface area contributed by atoms with Crippen molar-refractivity contribution < 1.29 is 37.3 Å². The van der Waals surface area contributed by atoms with Gasteiger partial charge in [-0.2, -0.15) is 5.26 Å². The van der Waals surface area contributed by atoms with E-state index in [-0.39, 0.29) is 41.7 Å². The van der Waals surface area contributed by atoms with E-state index in [9.17, 15) is 14.0 Å². The highest BCUT2D eigenvalue weighted by molar-refractivity contribution is 6.06. The molecule has 6 rings (SSSR count).